The fraction of sp³-hybridized carbons (Fsp3) is 0.143. The molecule has 0 unspecified atom stereocenters. The van der Waals surface area contributed by atoms with Crippen LogP contribution < -0.4 is 0 Å². The van der Waals surface area contributed by atoms with Crippen molar-refractivity contribution in [2.75, 3.05) is 7.11 Å². The topological polar surface area (TPSA) is 39.2 Å². The number of alkyl halides is 1. The van der Waals surface area contributed by atoms with Crippen LogP contribution in [-0.4, -0.2) is 18.1 Å². The summed E-state index contributed by atoms with van der Waals surface area (Å²) in [5, 5.41) is 0.703. The van der Waals surface area contributed by atoms with Crippen molar-refractivity contribution in [3.63, 3.8) is 0 Å². The van der Waals surface area contributed by atoms with Gasteiger partial charge in [0.05, 0.1) is 23.4 Å². The maximum atomic E-state index is 13.0. The number of ether oxygens (including phenoxy) is 1. The second-order valence-electron chi connectivity index (χ2n) is 3.94. The first-order valence-electron chi connectivity index (χ1n) is 5.66. The third-order valence-electron chi connectivity index (χ3n) is 2.76. The zero-order valence-corrected chi connectivity index (χ0v) is 12.8. The monoisotopic (exact) mass is 357 g/mol. The fourth-order valence-corrected chi connectivity index (χ4v) is 2.56. The fourth-order valence-electron chi connectivity index (χ4n) is 1.79. The molecule has 0 aliphatic rings. The Morgan fingerprint density at radius 3 is 2.60 bits per heavy atom. The number of carbonyl (C=O) groups excluding carboxylic acids is 1. The largest absolute Gasteiger partial charge is 0.465 e. The minimum Gasteiger partial charge on any atom is -0.465 e. The summed E-state index contributed by atoms with van der Waals surface area (Å²) in [5.74, 6) is -0.908. The van der Waals surface area contributed by atoms with Gasteiger partial charge in [0.2, 0.25) is 0 Å². The summed E-state index contributed by atoms with van der Waals surface area (Å²) in [6, 6.07) is 5.83. The van der Waals surface area contributed by atoms with Crippen LogP contribution in [0.25, 0.3) is 11.1 Å². The van der Waals surface area contributed by atoms with Gasteiger partial charge < -0.3 is 4.74 Å². The van der Waals surface area contributed by atoms with Gasteiger partial charge in [0, 0.05) is 17.1 Å². The molecule has 1 aromatic carbocycles. The molecule has 20 heavy (non-hydrogen) atoms. The van der Waals surface area contributed by atoms with Gasteiger partial charge in [-0.1, -0.05) is 39.7 Å². The third kappa shape index (κ3) is 2.83. The van der Waals surface area contributed by atoms with E-state index in [4.69, 9.17) is 11.6 Å². The lowest BCUT2D eigenvalue weighted by Crippen LogP contribution is -2.06. The summed E-state index contributed by atoms with van der Waals surface area (Å²) >= 11 is 9.61. The third-order valence-corrected chi connectivity index (χ3v) is 3.68. The lowest BCUT2D eigenvalue weighted by atomic mass is 10.0. The van der Waals surface area contributed by atoms with E-state index in [0.29, 0.717) is 22.2 Å². The first kappa shape index (κ1) is 14.9. The van der Waals surface area contributed by atoms with Crippen molar-refractivity contribution < 1.29 is 13.9 Å². The summed E-state index contributed by atoms with van der Waals surface area (Å²) in [5.41, 5.74) is 2.11. The van der Waals surface area contributed by atoms with Crippen LogP contribution in [0.4, 0.5) is 4.39 Å². The number of hydrogen-bond donors (Lipinski definition) is 0. The number of esters is 1. The SMILES string of the molecule is COC(=O)c1cnc(CBr)c(-c2ccc(F)cc2)c1Cl. The molecule has 0 saturated heterocycles. The number of hydrogen-bond acceptors (Lipinski definition) is 3. The summed E-state index contributed by atoms with van der Waals surface area (Å²) in [4.78, 5) is 15.9. The van der Waals surface area contributed by atoms with Crippen molar-refractivity contribution in [1.82, 2.24) is 4.98 Å². The van der Waals surface area contributed by atoms with Crippen molar-refractivity contribution >= 4 is 33.5 Å². The molecule has 0 saturated carbocycles. The van der Waals surface area contributed by atoms with Gasteiger partial charge in [-0.05, 0) is 17.7 Å². The number of methoxy groups -OCH3 is 1. The second-order valence-corrected chi connectivity index (χ2v) is 4.88. The number of benzene rings is 1. The van der Waals surface area contributed by atoms with Crippen molar-refractivity contribution in [2.24, 2.45) is 0 Å². The maximum absolute atomic E-state index is 13.0. The quantitative estimate of drug-likeness (QED) is 0.609. The Labute approximate surface area is 128 Å². The second kappa shape index (κ2) is 6.33. The van der Waals surface area contributed by atoms with Gasteiger partial charge in [0.15, 0.2) is 0 Å². The van der Waals surface area contributed by atoms with Crippen LogP contribution in [0.2, 0.25) is 5.02 Å². The molecule has 0 N–H and O–H groups in total. The molecule has 0 radical (unpaired) electrons. The van der Waals surface area contributed by atoms with E-state index < -0.39 is 5.97 Å². The molecule has 3 nitrogen and oxygen atoms in total. The van der Waals surface area contributed by atoms with E-state index in [0.717, 1.165) is 0 Å². The number of nitrogens with zero attached hydrogens (tertiary/aromatic N) is 1. The highest BCUT2D eigenvalue weighted by Gasteiger charge is 2.19. The van der Waals surface area contributed by atoms with E-state index in [2.05, 4.69) is 25.7 Å². The zero-order chi connectivity index (χ0) is 14.7. The highest BCUT2D eigenvalue weighted by molar-refractivity contribution is 9.08. The van der Waals surface area contributed by atoms with E-state index in [1.54, 1.807) is 12.1 Å². The van der Waals surface area contributed by atoms with Crippen molar-refractivity contribution in [3.05, 3.63) is 52.6 Å². The molecular formula is C14H10BrClFNO2. The molecule has 0 spiro atoms. The minimum absolute atomic E-state index is 0.179. The Hall–Kier alpha value is -1.46. The van der Waals surface area contributed by atoms with E-state index in [9.17, 15) is 9.18 Å². The van der Waals surface area contributed by atoms with Gasteiger partial charge in [0.1, 0.15) is 5.82 Å². The number of pyridine rings is 1. The average molecular weight is 359 g/mol. The number of rotatable bonds is 3. The van der Waals surface area contributed by atoms with E-state index in [1.165, 1.54) is 25.4 Å². The Morgan fingerprint density at radius 2 is 2.05 bits per heavy atom. The molecule has 0 amide bonds. The highest BCUT2D eigenvalue weighted by atomic mass is 79.9. The van der Waals surface area contributed by atoms with Gasteiger partial charge in [0.25, 0.3) is 0 Å². The van der Waals surface area contributed by atoms with Gasteiger partial charge in [-0.2, -0.15) is 0 Å². The Morgan fingerprint density at radius 1 is 1.40 bits per heavy atom. The lowest BCUT2D eigenvalue weighted by Gasteiger charge is -2.12. The summed E-state index contributed by atoms with van der Waals surface area (Å²) in [6.45, 7) is 0. The molecule has 1 aromatic heterocycles. The van der Waals surface area contributed by atoms with Gasteiger partial charge in [-0.15, -0.1) is 0 Å². The van der Waals surface area contributed by atoms with Crippen LogP contribution in [0.3, 0.4) is 0 Å². The molecule has 0 aliphatic carbocycles. The van der Waals surface area contributed by atoms with Gasteiger partial charge in [-0.25, -0.2) is 9.18 Å². The Bertz CT molecular complexity index is 646. The molecule has 1 heterocycles. The number of halogens is 3. The van der Waals surface area contributed by atoms with Crippen LogP contribution in [-0.2, 0) is 10.1 Å². The summed E-state index contributed by atoms with van der Waals surface area (Å²) in [7, 11) is 1.27. The summed E-state index contributed by atoms with van der Waals surface area (Å²) < 4.78 is 17.7. The smallest absolute Gasteiger partial charge is 0.340 e. The van der Waals surface area contributed by atoms with E-state index in [1.807, 2.05) is 0 Å². The van der Waals surface area contributed by atoms with Crippen molar-refractivity contribution in [2.45, 2.75) is 5.33 Å². The highest BCUT2D eigenvalue weighted by Crippen LogP contribution is 2.34. The average Bonchev–Trinajstić information content (AvgIpc) is 2.47. The standard InChI is InChI=1S/C14H10BrClFNO2/c1-20-14(19)10-7-18-11(6-15)12(13(10)16)8-2-4-9(17)5-3-8/h2-5,7H,6H2,1H3. The van der Waals surface area contributed by atoms with Gasteiger partial charge >= 0.3 is 5.97 Å². The Balaban J connectivity index is 2.65. The lowest BCUT2D eigenvalue weighted by molar-refractivity contribution is 0.0600. The van der Waals surface area contributed by atoms with E-state index >= 15 is 0 Å². The van der Waals surface area contributed by atoms with Crippen LogP contribution in [0.1, 0.15) is 16.1 Å². The molecule has 0 fully saturated rings. The maximum Gasteiger partial charge on any atom is 0.340 e. The molecule has 2 rings (SSSR count). The van der Waals surface area contributed by atoms with Crippen molar-refractivity contribution in [3.8, 4) is 11.1 Å². The predicted molar refractivity (Wildman–Crippen MR) is 78.6 cm³/mol. The predicted octanol–water partition coefficient (Wildman–Crippen LogP) is 4.22. The zero-order valence-electron chi connectivity index (χ0n) is 10.5. The normalized spacial score (nSPS) is 10.4. The molecular weight excluding hydrogens is 349 g/mol. The number of aromatic nitrogens is 1. The Kier molecular flexibility index (Phi) is 4.73. The molecule has 0 bridgehead atoms. The first-order valence-corrected chi connectivity index (χ1v) is 7.16. The van der Waals surface area contributed by atoms with Crippen LogP contribution in [0, 0.1) is 5.82 Å². The van der Waals surface area contributed by atoms with Crippen molar-refractivity contribution in [1.29, 1.82) is 0 Å². The van der Waals surface area contributed by atoms with Crippen LogP contribution in [0.15, 0.2) is 30.5 Å². The molecule has 0 aliphatic heterocycles. The van der Waals surface area contributed by atoms with Crippen LogP contribution >= 0.6 is 27.5 Å². The summed E-state index contributed by atoms with van der Waals surface area (Å²) in [6.07, 6.45) is 1.37. The minimum atomic E-state index is -0.563. The molecule has 104 valence electrons. The van der Waals surface area contributed by atoms with Crippen LogP contribution in [0.5, 0.6) is 0 Å². The van der Waals surface area contributed by atoms with E-state index in [-0.39, 0.29) is 16.4 Å². The molecule has 0 atom stereocenters. The van der Waals surface area contributed by atoms with Gasteiger partial charge in [-0.3, -0.25) is 4.98 Å². The first-order chi connectivity index (χ1) is 9.58. The number of carbonyl (C=O) groups is 1. The molecule has 2 aromatic rings. The molecule has 6 heteroatoms.